The number of benzene rings is 2. The van der Waals surface area contributed by atoms with Gasteiger partial charge in [-0.05, 0) is 54.5 Å². The van der Waals surface area contributed by atoms with Gasteiger partial charge in [-0.25, -0.2) is 4.79 Å². The van der Waals surface area contributed by atoms with Crippen molar-refractivity contribution in [1.29, 1.82) is 5.41 Å². The van der Waals surface area contributed by atoms with Gasteiger partial charge in [0.05, 0.1) is 0 Å². The van der Waals surface area contributed by atoms with E-state index in [-0.39, 0.29) is 11.9 Å². The van der Waals surface area contributed by atoms with E-state index in [9.17, 15) is 9.59 Å². The fourth-order valence-electron chi connectivity index (χ4n) is 2.20. The number of rotatable bonds is 5. The highest BCUT2D eigenvalue weighted by molar-refractivity contribution is 6.05. The quantitative estimate of drug-likeness (QED) is 0.325. The summed E-state index contributed by atoms with van der Waals surface area (Å²) >= 11 is 0. The average molecular weight is 338 g/mol. The molecule has 2 aromatic carbocycles. The van der Waals surface area contributed by atoms with Crippen molar-refractivity contribution in [2.24, 2.45) is 5.73 Å². The van der Waals surface area contributed by atoms with Crippen molar-refractivity contribution >= 4 is 35.3 Å². The van der Waals surface area contributed by atoms with Crippen LogP contribution in [0.3, 0.4) is 0 Å². The number of carboxylic acids is 1. The minimum Gasteiger partial charge on any atom is -0.478 e. The van der Waals surface area contributed by atoms with Crippen LogP contribution >= 0.6 is 0 Å². The third kappa shape index (κ3) is 5.21. The second-order valence-corrected chi connectivity index (χ2v) is 5.32. The first-order valence-corrected chi connectivity index (χ1v) is 7.39. The lowest BCUT2D eigenvalue weighted by Gasteiger charge is -2.09. The normalized spacial score (nSPS) is 10.4. The molecule has 1 amide bonds. The molecule has 7 heteroatoms. The summed E-state index contributed by atoms with van der Waals surface area (Å²) < 4.78 is 0. The summed E-state index contributed by atoms with van der Waals surface area (Å²) in [5, 5.41) is 21.3. The van der Waals surface area contributed by atoms with E-state index in [4.69, 9.17) is 16.2 Å². The van der Waals surface area contributed by atoms with E-state index < -0.39 is 5.97 Å². The maximum atomic E-state index is 12.3. The van der Waals surface area contributed by atoms with Crippen LogP contribution in [0.1, 0.15) is 21.5 Å². The molecule has 0 unspecified atom stereocenters. The fraction of sp³-hybridized carbons (Fsp3) is 0.0556. The van der Waals surface area contributed by atoms with Crippen LogP contribution in [0.4, 0.5) is 11.4 Å². The van der Waals surface area contributed by atoms with E-state index in [1.807, 2.05) is 6.92 Å². The van der Waals surface area contributed by atoms with Crippen LogP contribution in [0, 0.1) is 12.3 Å². The number of carbonyl (C=O) groups is 2. The highest BCUT2D eigenvalue weighted by atomic mass is 16.4. The molecule has 0 fully saturated rings. The number of carboxylic acid groups (broad SMARTS) is 1. The average Bonchev–Trinajstić information content (AvgIpc) is 2.53. The Morgan fingerprint density at radius 1 is 1.12 bits per heavy atom. The molecule has 0 radical (unpaired) electrons. The van der Waals surface area contributed by atoms with Crippen LogP contribution < -0.4 is 16.4 Å². The lowest BCUT2D eigenvalue weighted by molar-refractivity contribution is -0.131. The van der Waals surface area contributed by atoms with Gasteiger partial charge in [-0.1, -0.05) is 12.1 Å². The molecule has 0 saturated carbocycles. The van der Waals surface area contributed by atoms with Crippen LogP contribution in [0.15, 0.2) is 48.5 Å². The lowest BCUT2D eigenvalue weighted by atomic mass is 10.1. The smallest absolute Gasteiger partial charge is 0.328 e. The molecule has 0 spiro atoms. The van der Waals surface area contributed by atoms with Crippen molar-refractivity contribution in [3.05, 3.63) is 65.2 Å². The first-order chi connectivity index (χ1) is 11.8. The Balaban J connectivity index is 2.14. The van der Waals surface area contributed by atoms with Crippen molar-refractivity contribution in [2.45, 2.75) is 6.92 Å². The second kappa shape index (κ2) is 7.78. The molecule has 2 rings (SSSR count). The van der Waals surface area contributed by atoms with E-state index in [0.29, 0.717) is 16.9 Å². The molecule has 0 aromatic heterocycles. The molecule has 0 aliphatic heterocycles. The standard InChI is InChI=1S/C18H18N4O3/c1-11-9-15(7-5-12(11)6-8-16(23)24)21-17(25)13-3-2-4-14(10-13)22-18(19)20/h2-10H,1H3,(H,21,25)(H,23,24)(H4,19,20,22)/b8-6+. The van der Waals surface area contributed by atoms with Gasteiger partial charge in [-0.3, -0.25) is 10.2 Å². The van der Waals surface area contributed by atoms with Crippen molar-refractivity contribution in [1.82, 2.24) is 0 Å². The summed E-state index contributed by atoms with van der Waals surface area (Å²) in [6.45, 7) is 1.83. The third-order valence-electron chi connectivity index (χ3n) is 3.34. The van der Waals surface area contributed by atoms with Gasteiger partial charge in [-0.2, -0.15) is 0 Å². The summed E-state index contributed by atoms with van der Waals surface area (Å²) in [5.41, 5.74) is 8.43. The van der Waals surface area contributed by atoms with E-state index in [1.165, 1.54) is 6.08 Å². The number of nitrogens with two attached hydrogens (primary N) is 1. The number of amides is 1. The topological polar surface area (TPSA) is 128 Å². The number of guanidine groups is 1. The van der Waals surface area contributed by atoms with Crippen LogP contribution in [0.25, 0.3) is 6.08 Å². The first kappa shape index (κ1) is 17.7. The minimum absolute atomic E-state index is 0.210. The maximum absolute atomic E-state index is 12.3. The first-order valence-electron chi connectivity index (χ1n) is 7.39. The van der Waals surface area contributed by atoms with Gasteiger partial charge in [0.1, 0.15) is 0 Å². The summed E-state index contributed by atoms with van der Waals surface area (Å²) in [7, 11) is 0. The monoisotopic (exact) mass is 338 g/mol. The molecule has 6 N–H and O–H groups in total. The number of hydrogen-bond acceptors (Lipinski definition) is 3. The Morgan fingerprint density at radius 3 is 2.48 bits per heavy atom. The number of aliphatic carboxylic acids is 1. The van der Waals surface area contributed by atoms with Gasteiger partial charge >= 0.3 is 5.97 Å². The molecule has 128 valence electrons. The van der Waals surface area contributed by atoms with Crippen LogP contribution in [-0.2, 0) is 4.79 Å². The van der Waals surface area contributed by atoms with Gasteiger partial charge in [0.15, 0.2) is 5.96 Å². The molecular weight excluding hydrogens is 320 g/mol. The van der Waals surface area contributed by atoms with Crippen LogP contribution in [-0.4, -0.2) is 22.9 Å². The largest absolute Gasteiger partial charge is 0.478 e. The molecule has 25 heavy (non-hydrogen) atoms. The minimum atomic E-state index is -1.02. The Labute approximate surface area is 144 Å². The van der Waals surface area contributed by atoms with Crippen LogP contribution in [0.2, 0.25) is 0 Å². The zero-order chi connectivity index (χ0) is 18.4. The maximum Gasteiger partial charge on any atom is 0.328 e. The Hall–Kier alpha value is -3.61. The summed E-state index contributed by atoms with van der Waals surface area (Å²) in [6, 6.07) is 11.8. The molecule has 0 aliphatic rings. The van der Waals surface area contributed by atoms with E-state index in [0.717, 1.165) is 17.2 Å². The Kier molecular flexibility index (Phi) is 5.52. The number of hydrogen-bond donors (Lipinski definition) is 5. The highest BCUT2D eigenvalue weighted by Gasteiger charge is 2.08. The molecule has 2 aromatic rings. The molecular formula is C18H18N4O3. The third-order valence-corrected chi connectivity index (χ3v) is 3.34. The number of anilines is 2. The van der Waals surface area contributed by atoms with Crippen molar-refractivity contribution in [3.8, 4) is 0 Å². The van der Waals surface area contributed by atoms with Crippen LogP contribution in [0.5, 0.6) is 0 Å². The predicted octanol–water partition coefficient (Wildman–Crippen LogP) is 2.65. The summed E-state index contributed by atoms with van der Waals surface area (Å²) in [4.78, 5) is 22.9. The molecule has 0 bridgehead atoms. The molecule has 0 saturated heterocycles. The lowest BCUT2D eigenvalue weighted by Crippen LogP contribution is -2.20. The number of nitrogens with one attached hydrogen (secondary N) is 3. The second-order valence-electron chi connectivity index (χ2n) is 5.32. The van der Waals surface area contributed by atoms with E-state index in [1.54, 1.807) is 42.5 Å². The number of aryl methyl sites for hydroxylation is 1. The van der Waals surface area contributed by atoms with E-state index >= 15 is 0 Å². The summed E-state index contributed by atoms with van der Waals surface area (Å²) in [6.07, 6.45) is 2.56. The zero-order valence-electron chi connectivity index (χ0n) is 13.5. The zero-order valence-corrected chi connectivity index (χ0v) is 13.5. The van der Waals surface area contributed by atoms with Gasteiger partial charge in [0.25, 0.3) is 5.91 Å². The van der Waals surface area contributed by atoms with Gasteiger partial charge in [0.2, 0.25) is 0 Å². The van der Waals surface area contributed by atoms with Gasteiger partial charge < -0.3 is 21.5 Å². The van der Waals surface area contributed by atoms with Gasteiger partial charge in [0, 0.05) is 23.0 Å². The summed E-state index contributed by atoms with van der Waals surface area (Å²) in [5.74, 6) is -1.53. The van der Waals surface area contributed by atoms with E-state index in [2.05, 4.69) is 10.6 Å². The van der Waals surface area contributed by atoms with Crippen molar-refractivity contribution in [2.75, 3.05) is 10.6 Å². The fourth-order valence-corrected chi connectivity index (χ4v) is 2.20. The predicted molar refractivity (Wildman–Crippen MR) is 97.8 cm³/mol. The van der Waals surface area contributed by atoms with Crippen molar-refractivity contribution in [3.63, 3.8) is 0 Å². The SMILES string of the molecule is Cc1cc(NC(=O)c2cccc(NC(=N)N)c2)ccc1/C=C/C(=O)O. The Bertz CT molecular complexity index is 859. The molecule has 0 atom stereocenters. The molecule has 0 aliphatic carbocycles. The van der Waals surface area contributed by atoms with Crippen molar-refractivity contribution < 1.29 is 14.7 Å². The highest BCUT2D eigenvalue weighted by Crippen LogP contribution is 2.18. The van der Waals surface area contributed by atoms with Gasteiger partial charge in [-0.15, -0.1) is 0 Å². The molecule has 7 nitrogen and oxygen atoms in total. The number of carbonyl (C=O) groups excluding carboxylic acids is 1. The molecule has 0 heterocycles. The Morgan fingerprint density at radius 2 is 1.84 bits per heavy atom.